The fourth-order valence-corrected chi connectivity index (χ4v) is 3.53. The molecule has 1 aliphatic heterocycles. The largest absolute Gasteiger partial charge is 0.380 e. The van der Waals surface area contributed by atoms with Crippen LogP contribution in [-0.4, -0.2) is 44.2 Å². The van der Waals surface area contributed by atoms with Crippen molar-refractivity contribution < 1.29 is 4.74 Å². The Balaban J connectivity index is 1.46. The van der Waals surface area contributed by atoms with Crippen LogP contribution < -0.4 is 0 Å². The van der Waals surface area contributed by atoms with Gasteiger partial charge in [0, 0.05) is 69.3 Å². The number of nitrogens with zero attached hydrogens (tertiary/aromatic N) is 5. The zero-order chi connectivity index (χ0) is 16.5. The van der Waals surface area contributed by atoms with E-state index in [-0.39, 0.29) is 0 Å². The highest BCUT2D eigenvalue weighted by atomic mass is 16.5. The Morgan fingerprint density at radius 3 is 2.83 bits per heavy atom. The molecule has 6 nitrogen and oxygen atoms in total. The molecule has 2 aromatic heterocycles. The van der Waals surface area contributed by atoms with Crippen molar-refractivity contribution in [1.29, 1.82) is 0 Å². The van der Waals surface area contributed by atoms with Gasteiger partial charge in [-0.3, -0.25) is 14.3 Å². The van der Waals surface area contributed by atoms with Gasteiger partial charge in [-0.05, 0) is 25.7 Å². The molecule has 1 aliphatic carbocycles. The van der Waals surface area contributed by atoms with Crippen LogP contribution in [0.5, 0.6) is 0 Å². The van der Waals surface area contributed by atoms with Crippen LogP contribution in [0.25, 0.3) is 0 Å². The maximum Gasteiger partial charge on any atom is 0.0736 e. The van der Waals surface area contributed by atoms with Crippen LogP contribution in [0.2, 0.25) is 0 Å². The van der Waals surface area contributed by atoms with Gasteiger partial charge in [0.25, 0.3) is 0 Å². The van der Waals surface area contributed by atoms with Crippen molar-refractivity contribution in [3.63, 3.8) is 0 Å². The van der Waals surface area contributed by atoms with E-state index in [1.54, 1.807) is 0 Å². The third kappa shape index (κ3) is 3.54. The van der Waals surface area contributed by atoms with E-state index < -0.39 is 0 Å². The molecule has 0 radical (unpaired) electrons. The predicted molar refractivity (Wildman–Crippen MR) is 91.5 cm³/mol. The van der Waals surface area contributed by atoms with E-state index >= 15 is 0 Å². The number of rotatable bonds is 7. The highest BCUT2D eigenvalue weighted by Gasteiger charge is 2.30. The van der Waals surface area contributed by atoms with Crippen LogP contribution in [0.4, 0.5) is 0 Å². The average Bonchev–Trinajstić information content (AvgIpc) is 3.15. The first-order valence-electron chi connectivity index (χ1n) is 9.05. The monoisotopic (exact) mass is 329 g/mol. The van der Waals surface area contributed by atoms with Gasteiger partial charge in [-0.1, -0.05) is 0 Å². The summed E-state index contributed by atoms with van der Waals surface area (Å²) in [6, 6.07) is 0. The van der Waals surface area contributed by atoms with Crippen LogP contribution in [0.1, 0.15) is 42.5 Å². The molecule has 1 saturated carbocycles. The first-order valence-corrected chi connectivity index (χ1v) is 9.05. The fourth-order valence-electron chi connectivity index (χ4n) is 3.53. The maximum atomic E-state index is 6.01. The van der Waals surface area contributed by atoms with Gasteiger partial charge in [0.1, 0.15) is 0 Å². The predicted octanol–water partition coefficient (Wildman–Crippen LogP) is 2.16. The summed E-state index contributed by atoms with van der Waals surface area (Å²) in [4.78, 5) is 2.49. The van der Waals surface area contributed by atoms with E-state index in [1.807, 2.05) is 17.9 Å². The summed E-state index contributed by atoms with van der Waals surface area (Å²) >= 11 is 0. The van der Waals surface area contributed by atoms with E-state index in [9.17, 15) is 0 Å². The molecular formula is C18H27N5O. The van der Waals surface area contributed by atoms with Gasteiger partial charge in [0.15, 0.2) is 0 Å². The minimum absolute atomic E-state index is 0.372. The SMILES string of the molecule is CCn1cc2c(n1)[C@H](COCC1CC1)CN(Cc1cnn(C)c1)C2. The standard InChI is InChI=1S/C18H27N5O/c1-3-23-11-16-9-22(8-15-6-19-21(2)7-15)10-17(18(16)20-23)13-24-12-14-4-5-14/h6-7,11,14,17H,3-5,8-10,12-13H2,1-2H3/t17-/m0/s1. The molecule has 0 saturated heterocycles. The van der Waals surface area contributed by atoms with Crippen molar-refractivity contribution in [2.45, 2.75) is 45.3 Å². The summed E-state index contributed by atoms with van der Waals surface area (Å²) < 4.78 is 9.94. The molecule has 6 heteroatoms. The van der Waals surface area contributed by atoms with Gasteiger partial charge in [-0.2, -0.15) is 10.2 Å². The summed E-state index contributed by atoms with van der Waals surface area (Å²) in [6.07, 6.45) is 8.95. The van der Waals surface area contributed by atoms with Crippen LogP contribution in [0, 0.1) is 5.92 Å². The number of aromatic nitrogens is 4. The zero-order valence-corrected chi connectivity index (χ0v) is 14.7. The van der Waals surface area contributed by atoms with Crippen molar-refractivity contribution in [3.8, 4) is 0 Å². The highest BCUT2D eigenvalue weighted by molar-refractivity contribution is 5.25. The number of fused-ring (bicyclic) bond motifs is 1. The Kier molecular flexibility index (Phi) is 4.41. The van der Waals surface area contributed by atoms with Gasteiger partial charge in [-0.15, -0.1) is 0 Å². The first-order chi connectivity index (χ1) is 11.7. The zero-order valence-electron chi connectivity index (χ0n) is 14.7. The average molecular weight is 329 g/mol. The van der Waals surface area contributed by atoms with E-state index in [2.05, 4.69) is 34.0 Å². The Bertz CT molecular complexity index is 687. The molecule has 4 rings (SSSR count). The summed E-state index contributed by atoms with van der Waals surface area (Å²) in [6.45, 7) is 7.67. The van der Waals surface area contributed by atoms with Crippen LogP contribution in [-0.2, 0) is 31.4 Å². The van der Waals surface area contributed by atoms with Gasteiger partial charge >= 0.3 is 0 Å². The Labute approximate surface area is 143 Å². The summed E-state index contributed by atoms with van der Waals surface area (Å²) in [5.74, 6) is 1.18. The number of hydrogen-bond acceptors (Lipinski definition) is 4. The molecule has 0 N–H and O–H groups in total. The first kappa shape index (κ1) is 15.8. The molecular weight excluding hydrogens is 302 g/mol. The lowest BCUT2D eigenvalue weighted by molar-refractivity contribution is 0.0881. The number of ether oxygens (including phenoxy) is 1. The normalized spacial score (nSPS) is 21.2. The van der Waals surface area contributed by atoms with Crippen molar-refractivity contribution >= 4 is 0 Å². The second-order valence-corrected chi connectivity index (χ2v) is 7.26. The molecule has 24 heavy (non-hydrogen) atoms. The summed E-state index contributed by atoms with van der Waals surface area (Å²) in [7, 11) is 1.97. The van der Waals surface area contributed by atoms with Gasteiger partial charge in [0.05, 0.1) is 18.5 Å². The fraction of sp³-hybridized carbons (Fsp3) is 0.667. The van der Waals surface area contributed by atoms with Crippen molar-refractivity contribution in [2.75, 3.05) is 19.8 Å². The molecule has 0 amide bonds. The Morgan fingerprint density at radius 2 is 2.12 bits per heavy atom. The van der Waals surface area contributed by atoms with E-state index in [1.165, 1.54) is 29.7 Å². The molecule has 3 heterocycles. The molecule has 0 bridgehead atoms. The maximum absolute atomic E-state index is 6.01. The lowest BCUT2D eigenvalue weighted by Crippen LogP contribution is -2.34. The molecule has 1 atom stereocenters. The molecule has 2 aromatic rings. The third-order valence-corrected chi connectivity index (χ3v) is 4.99. The quantitative estimate of drug-likeness (QED) is 0.781. The van der Waals surface area contributed by atoms with E-state index in [0.29, 0.717) is 5.92 Å². The minimum atomic E-state index is 0.372. The lowest BCUT2D eigenvalue weighted by atomic mass is 9.97. The number of aryl methyl sites for hydroxylation is 2. The van der Waals surface area contributed by atoms with Crippen LogP contribution in [0.15, 0.2) is 18.6 Å². The Hall–Kier alpha value is -1.66. The second kappa shape index (κ2) is 6.69. The third-order valence-electron chi connectivity index (χ3n) is 4.99. The summed E-state index contributed by atoms with van der Waals surface area (Å²) in [5.41, 5.74) is 3.86. The highest BCUT2D eigenvalue weighted by Crippen LogP contribution is 2.31. The molecule has 0 unspecified atom stereocenters. The topological polar surface area (TPSA) is 48.1 Å². The van der Waals surface area contributed by atoms with Crippen molar-refractivity contribution in [2.24, 2.45) is 13.0 Å². The van der Waals surface area contributed by atoms with Gasteiger partial charge in [-0.25, -0.2) is 0 Å². The van der Waals surface area contributed by atoms with Crippen molar-refractivity contribution in [1.82, 2.24) is 24.5 Å². The Morgan fingerprint density at radius 1 is 1.25 bits per heavy atom. The van der Waals surface area contributed by atoms with E-state index in [0.717, 1.165) is 45.3 Å². The molecule has 1 fully saturated rings. The number of hydrogen-bond donors (Lipinski definition) is 0. The second-order valence-electron chi connectivity index (χ2n) is 7.26. The van der Waals surface area contributed by atoms with Gasteiger partial charge < -0.3 is 4.74 Å². The van der Waals surface area contributed by atoms with Gasteiger partial charge in [0.2, 0.25) is 0 Å². The molecule has 2 aliphatic rings. The molecule has 0 aromatic carbocycles. The molecule has 0 spiro atoms. The van der Waals surface area contributed by atoms with E-state index in [4.69, 9.17) is 9.84 Å². The minimum Gasteiger partial charge on any atom is -0.380 e. The smallest absolute Gasteiger partial charge is 0.0736 e. The van der Waals surface area contributed by atoms with Crippen LogP contribution in [0.3, 0.4) is 0 Å². The lowest BCUT2D eigenvalue weighted by Gasteiger charge is -2.31. The van der Waals surface area contributed by atoms with Crippen molar-refractivity contribution in [3.05, 3.63) is 35.4 Å². The molecule has 130 valence electrons. The summed E-state index contributed by atoms with van der Waals surface area (Å²) in [5, 5.41) is 9.09. The van der Waals surface area contributed by atoms with Crippen LogP contribution >= 0.6 is 0 Å².